The Balaban J connectivity index is 1.31. The molecule has 3 aromatic rings. The van der Waals surface area contributed by atoms with Gasteiger partial charge in [0.2, 0.25) is 15.9 Å². The van der Waals surface area contributed by atoms with Crippen molar-refractivity contribution in [2.45, 2.75) is 20.0 Å². The highest BCUT2D eigenvalue weighted by Crippen LogP contribution is 2.28. The van der Waals surface area contributed by atoms with Gasteiger partial charge >= 0.3 is 0 Å². The predicted octanol–water partition coefficient (Wildman–Crippen LogP) is 1.82. The molecule has 2 aliphatic rings. The Morgan fingerprint density at radius 2 is 1.82 bits per heavy atom. The fourth-order valence-electron chi connectivity index (χ4n) is 4.83. The minimum absolute atomic E-state index is 0.0473. The van der Waals surface area contributed by atoms with Crippen molar-refractivity contribution in [2.24, 2.45) is 0 Å². The lowest BCUT2D eigenvalue weighted by Crippen LogP contribution is -2.49. The minimum Gasteiger partial charge on any atom is -0.373 e. The van der Waals surface area contributed by atoms with Crippen LogP contribution in [-0.2, 0) is 19.6 Å². The molecular formula is C26H33N7O4S. The average Bonchev–Trinajstić information content (AvgIpc) is 2.96. The van der Waals surface area contributed by atoms with E-state index in [2.05, 4.69) is 20.2 Å². The summed E-state index contributed by atoms with van der Waals surface area (Å²) in [6.07, 6.45) is 3.16. The number of carbonyl (C=O) groups is 1. The fourth-order valence-corrected chi connectivity index (χ4v) is 5.92. The molecule has 0 bridgehead atoms. The number of hydrogen-bond acceptors (Lipinski definition) is 9. The molecule has 1 atom stereocenters. The molecule has 0 radical (unpaired) electrons. The number of fused-ring (bicyclic) bond motifs is 1. The highest BCUT2D eigenvalue weighted by atomic mass is 32.2. The Morgan fingerprint density at radius 3 is 2.53 bits per heavy atom. The Labute approximate surface area is 222 Å². The van der Waals surface area contributed by atoms with Gasteiger partial charge in [0.1, 0.15) is 5.52 Å². The van der Waals surface area contributed by atoms with Crippen molar-refractivity contribution in [3.8, 4) is 11.3 Å². The van der Waals surface area contributed by atoms with Crippen LogP contribution in [0, 0.1) is 0 Å². The van der Waals surface area contributed by atoms with Crippen molar-refractivity contribution in [2.75, 3.05) is 68.4 Å². The standard InChI is InChI=1S/C26H33N7O4S/c1-3-38(35,36)33-12-10-31(11-13-33)21-6-4-20(5-7-21)23-16-24-25(28-9-8-27-24)26(30-23)29-17-22-18-32(19(2)34)14-15-37-22/h4-9,16,22H,3,10-15,17-18H2,1-2H3,(H,29,30)/t22-/m1/s1. The van der Waals surface area contributed by atoms with Crippen LogP contribution in [0.5, 0.6) is 0 Å². The Hall–Kier alpha value is -3.35. The molecule has 1 N–H and O–H groups in total. The molecule has 202 valence electrons. The third kappa shape index (κ3) is 5.71. The van der Waals surface area contributed by atoms with E-state index in [-0.39, 0.29) is 17.8 Å². The summed E-state index contributed by atoms with van der Waals surface area (Å²) in [5, 5.41) is 3.37. The normalized spacial score (nSPS) is 19.1. The van der Waals surface area contributed by atoms with Gasteiger partial charge in [0, 0.05) is 76.4 Å². The van der Waals surface area contributed by atoms with Gasteiger partial charge in [0.15, 0.2) is 5.82 Å². The molecule has 0 spiro atoms. The number of sulfonamides is 1. The van der Waals surface area contributed by atoms with E-state index in [0.717, 1.165) is 22.5 Å². The van der Waals surface area contributed by atoms with Crippen molar-refractivity contribution in [1.82, 2.24) is 24.2 Å². The van der Waals surface area contributed by atoms with Gasteiger partial charge in [-0.3, -0.25) is 9.78 Å². The summed E-state index contributed by atoms with van der Waals surface area (Å²) >= 11 is 0. The number of amides is 1. The number of hydrogen-bond donors (Lipinski definition) is 1. The van der Waals surface area contributed by atoms with Crippen LogP contribution in [0.15, 0.2) is 42.7 Å². The van der Waals surface area contributed by atoms with Crippen LogP contribution < -0.4 is 10.2 Å². The molecule has 0 saturated carbocycles. The summed E-state index contributed by atoms with van der Waals surface area (Å²) in [5.41, 5.74) is 4.15. The summed E-state index contributed by atoms with van der Waals surface area (Å²) in [7, 11) is -3.15. The van der Waals surface area contributed by atoms with Gasteiger partial charge < -0.3 is 19.9 Å². The number of aromatic nitrogens is 3. The second-order valence-corrected chi connectivity index (χ2v) is 11.7. The second-order valence-electron chi connectivity index (χ2n) is 9.45. The maximum atomic E-state index is 12.2. The highest BCUT2D eigenvalue weighted by molar-refractivity contribution is 7.89. The summed E-state index contributed by atoms with van der Waals surface area (Å²) in [6.45, 7) is 7.69. The van der Waals surface area contributed by atoms with Gasteiger partial charge in [-0.15, -0.1) is 0 Å². The molecule has 38 heavy (non-hydrogen) atoms. The zero-order valence-corrected chi connectivity index (χ0v) is 22.5. The first-order valence-corrected chi connectivity index (χ1v) is 14.5. The van der Waals surface area contributed by atoms with E-state index >= 15 is 0 Å². The van der Waals surface area contributed by atoms with Crippen LogP contribution in [-0.4, -0.2) is 103 Å². The maximum Gasteiger partial charge on any atom is 0.219 e. The Morgan fingerprint density at radius 1 is 1.08 bits per heavy atom. The van der Waals surface area contributed by atoms with Crippen LogP contribution >= 0.6 is 0 Å². The Kier molecular flexibility index (Phi) is 7.73. The van der Waals surface area contributed by atoms with Crippen molar-refractivity contribution in [1.29, 1.82) is 0 Å². The lowest BCUT2D eigenvalue weighted by molar-refractivity contribution is -0.135. The van der Waals surface area contributed by atoms with Crippen molar-refractivity contribution in [3.63, 3.8) is 0 Å². The van der Waals surface area contributed by atoms with Gasteiger partial charge in [0.25, 0.3) is 0 Å². The molecule has 1 aromatic carbocycles. The largest absolute Gasteiger partial charge is 0.373 e. The van der Waals surface area contributed by atoms with Gasteiger partial charge in [-0.2, -0.15) is 4.31 Å². The quantitative estimate of drug-likeness (QED) is 0.479. The number of ether oxygens (including phenoxy) is 1. The van der Waals surface area contributed by atoms with E-state index in [0.29, 0.717) is 63.8 Å². The number of piperazine rings is 1. The van der Waals surface area contributed by atoms with Gasteiger partial charge in [-0.05, 0) is 25.1 Å². The van der Waals surface area contributed by atoms with Crippen LogP contribution in [0.2, 0.25) is 0 Å². The molecule has 2 aliphatic heterocycles. The Bertz CT molecular complexity index is 1390. The van der Waals surface area contributed by atoms with Crippen LogP contribution in [0.3, 0.4) is 0 Å². The van der Waals surface area contributed by atoms with Crippen LogP contribution in [0.25, 0.3) is 22.3 Å². The monoisotopic (exact) mass is 539 g/mol. The molecule has 5 rings (SSSR count). The van der Waals surface area contributed by atoms with Crippen molar-refractivity contribution < 1.29 is 17.9 Å². The van der Waals surface area contributed by atoms with E-state index in [1.807, 2.05) is 30.3 Å². The molecule has 0 aliphatic carbocycles. The topological polar surface area (TPSA) is 121 Å². The first-order valence-electron chi connectivity index (χ1n) is 12.9. The fraction of sp³-hybridized carbons (Fsp3) is 0.462. The summed E-state index contributed by atoms with van der Waals surface area (Å²) in [4.78, 5) is 29.6. The number of nitrogens with zero attached hydrogens (tertiary/aromatic N) is 6. The molecule has 2 fully saturated rings. The van der Waals surface area contributed by atoms with E-state index in [1.54, 1.807) is 35.4 Å². The van der Waals surface area contributed by atoms with Crippen molar-refractivity contribution in [3.05, 3.63) is 42.7 Å². The van der Waals surface area contributed by atoms with E-state index in [4.69, 9.17) is 9.72 Å². The predicted molar refractivity (Wildman–Crippen MR) is 146 cm³/mol. The highest BCUT2D eigenvalue weighted by Gasteiger charge is 2.26. The van der Waals surface area contributed by atoms with Crippen LogP contribution in [0.1, 0.15) is 13.8 Å². The summed E-state index contributed by atoms with van der Waals surface area (Å²) < 4.78 is 31.7. The smallest absolute Gasteiger partial charge is 0.219 e. The number of nitrogens with one attached hydrogen (secondary N) is 1. The number of morpholine rings is 1. The van der Waals surface area contributed by atoms with Gasteiger partial charge in [-0.1, -0.05) is 12.1 Å². The van der Waals surface area contributed by atoms with Crippen LogP contribution in [0.4, 0.5) is 11.5 Å². The lowest BCUT2D eigenvalue weighted by Gasteiger charge is -2.35. The molecule has 1 amide bonds. The zero-order chi connectivity index (χ0) is 26.7. The second kappa shape index (κ2) is 11.2. The van der Waals surface area contributed by atoms with Gasteiger partial charge in [-0.25, -0.2) is 18.4 Å². The first-order chi connectivity index (χ1) is 18.3. The molecule has 2 saturated heterocycles. The number of carbonyl (C=O) groups excluding carboxylic acids is 1. The number of anilines is 2. The molecule has 2 aromatic heterocycles. The van der Waals surface area contributed by atoms with E-state index in [1.165, 1.54) is 0 Å². The molecule has 11 nitrogen and oxygen atoms in total. The molecule has 4 heterocycles. The van der Waals surface area contributed by atoms with Gasteiger partial charge in [0.05, 0.1) is 29.7 Å². The summed E-state index contributed by atoms with van der Waals surface area (Å²) in [5.74, 6) is 0.796. The molecular weight excluding hydrogens is 506 g/mol. The maximum absolute atomic E-state index is 12.2. The SMILES string of the molecule is CCS(=O)(=O)N1CCN(c2ccc(-c3cc4nccnc4c(NC[C@@H]4CN(C(C)=O)CCO4)n3)cc2)CC1. The minimum atomic E-state index is -3.15. The zero-order valence-electron chi connectivity index (χ0n) is 21.7. The van der Waals surface area contributed by atoms with E-state index in [9.17, 15) is 13.2 Å². The summed E-state index contributed by atoms with van der Waals surface area (Å²) in [6, 6.07) is 10.1. The lowest BCUT2D eigenvalue weighted by atomic mass is 10.1. The number of pyridine rings is 1. The number of benzene rings is 1. The third-order valence-electron chi connectivity index (χ3n) is 7.06. The van der Waals surface area contributed by atoms with Crippen molar-refractivity contribution >= 4 is 38.5 Å². The average molecular weight is 540 g/mol. The molecule has 12 heteroatoms. The molecule has 0 unspecified atom stereocenters. The third-order valence-corrected chi connectivity index (χ3v) is 8.94. The van der Waals surface area contributed by atoms with E-state index < -0.39 is 10.0 Å². The first kappa shape index (κ1) is 26.3. The number of rotatable bonds is 7.